The van der Waals surface area contributed by atoms with Crippen LogP contribution >= 0.6 is 0 Å². The molecule has 0 saturated heterocycles. The first-order valence-corrected chi connectivity index (χ1v) is 8.63. The van der Waals surface area contributed by atoms with Crippen LogP contribution in [0.4, 0.5) is 0 Å². The fraction of sp³-hybridized carbons (Fsp3) is 0.381. The average Bonchev–Trinajstić information content (AvgIpc) is 2.61. The number of carbonyl (C=O) groups is 1. The minimum atomic E-state index is -0.162. The van der Waals surface area contributed by atoms with Crippen LogP contribution in [0.5, 0.6) is 11.5 Å². The van der Waals surface area contributed by atoms with Crippen LogP contribution in [-0.2, 0) is 4.74 Å². The van der Waals surface area contributed by atoms with E-state index in [1.807, 2.05) is 57.2 Å². The normalized spacial score (nSPS) is 11.7. The number of hydrogen-bond acceptors (Lipinski definition) is 4. The molecule has 1 N–H and O–H groups in total. The Morgan fingerprint density at radius 2 is 1.69 bits per heavy atom. The molecular formula is C21H27NO4. The van der Waals surface area contributed by atoms with Gasteiger partial charge < -0.3 is 19.5 Å². The van der Waals surface area contributed by atoms with E-state index in [1.165, 1.54) is 0 Å². The van der Waals surface area contributed by atoms with Gasteiger partial charge in [-0.25, -0.2) is 0 Å². The van der Waals surface area contributed by atoms with E-state index in [-0.39, 0.29) is 11.9 Å². The molecule has 140 valence electrons. The summed E-state index contributed by atoms with van der Waals surface area (Å²) >= 11 is 0. The lowest BCUT2D eigenvalue weighted by Gasteiger charge is -2.17. The summed E-state index contributed by atoms with van der Waals surface area (Å²) in [6.07, 6.45) is 0. The van der Waals surface area contributed by atoms with Gasteiger partial charge in [-0.1, -0.05) is 23.3 Å². The molecule has 0 heterocycles. The monoisotopic (exact) mass is 357 g/mol. The van der Waals surface area contributed by atoms with Crippen LogP contribution in [0.15, 0.2) is 36.4 Å². The third kappa shape index (κ3) is 5.23. The van der Waals surface area contributed by atoms with Crippen molar-refractivity contribution in [1.82, 2.24) is 5.32 Å². The van der Waals surface area contributed by atoms with Crippen LogP contribution in [-0.4, -0.2) is 33.3 Å². The third-order valence-electron chi connectivity index (χ3n) is 4.06. The smallest absolute Gasteiger partial charge is 0.251 e. The Morgan fingerprint density at radius 1 is 1.00 bits per heavy atom. The van der Waals surface area contributed by atoms with Crippen LogP contribution in [0.1, 0.15) is 40.0 Å². The Hall–Kier alpha value is -2.53. The first-order chi connectivity index (χ1) is 12.4. The maximum atomic E-state index is 12.5. The molecule has 0 saturated carbocycles. The molecule has 0 bridgehead atoms. The van der Waals surface area contributed by atoms with Gasteiger partial charge in [-0.2, -0.15) is 0 Å². The molecule has 0 aliphatic carbocycles. The van der Waals surface area contributed by atoms with Crippen molar-refractivity contribution in [1.29, 1.82) is 0 Å². The molecule has 5 nitrogen and oxygen atoms in total. The predicted octanol–water partition coefficient (Wildman–Crippen LogP) is 3.83. The quantitative estimate of drug-likeness (QED) is 0.730. The van der Waals surface area contributed by atoms with Gasteiger partial charge in [0.15, 0.2) is 11.5 Å². The molecule has 2 rings (SSSR count). The summed E-state index contributed by atoms with van der Waals surface area (Å²) < 4.78 is 16.0. The number of methoxy groups -OCH3 is 2. The molecule has 0 spiro atoms. The molecule has 1 atom stereocenters. The lowest BCUT2D eigenvalue weighted by atomic mass is 10.0. The van der Waals surface area contributed by atoms with Crippen LogP contribution in [0.25, 0.3) is 0 Å². The highest BCUT2D eigenvalue weighted by Crippen LogP contribution is 2.30. The molecule has 0 aliphatic heterocycles. The van der Waals surface area contributed by atoms with E-state index in [0.717, 1.165) is 16.7 Å². The standard InChI is InChI=1S/C21H27NO4/c1-14-10-15(2)12-18(11-14)21(23)22-16(3)17-6-7-19(20(13-17)25-5)26-9-8-24-4/h6-7,10-13,16H,8-9H2,1-5H3,(H,22,23). The summed E-state index contributed by atoms with van der Waals surface area (Å²) in [7, 11) is 3.23. The lowest BCUT2D eigenvalue weighted by Crippen LogP contribution is -2.26. The molecule has 0 aromatic heterocycles. The number of benzene rings is 2. The summed E-state index contributed by atoms with van der Waals surface area (Å²) in [6.45, 7) is 6.88. The van der Waals surface area contributed by atoms with Crippen molar-refractivity contribution in [2.24, 2.45) is 0 Å². The first kappa shape index (κ1) is 19.8. The topological polar surface area (TPSA) is 56.8 Å². The van der Waals surface area contributed by atoms with Crippen LogP contribution in [0.2, 0.25) is 0 Å². The van der Waals surface area contributed by atoms with Crippen LogP contribution in [0, 0.1) is 13.8 Å². The number of amides is 1. The minimum Gasteiger partial charge on any atom is -0.493 e. The molecule has 0 radical (unpaired) electrons. The summed E-state index contributed by atoms with van der Waals surface area (Å²) in [6, 6.07) is 11.3. The lowest BCUT2D eigenvalue weighted by molar-refractivity contribution is 0.0939. The van der Waals surface area contributed by atoms with Crippen LogP contribution in [0.3, 0.4) is 0 Å². The number of rotatable bonds is 8. The van der Waals surface area contributed by atoms with Gasteiger partial charge in [-0.3, -0.25) is 4.79 Å². The van der Waals surface area contributed by atoms with E-state index in [9.17, 15) is 4.79 Å². The fourth-order valence-electron chi connectivity index (χ4n) is 2.78. The van der Waals surface area contributed by atoms with E-state index >= 15 is 0 Å². The number of nitrogens with one attached hydrogen (secondary N) is 1. The van der Waals surface area contributed by atoms with Gasteiger partial charge >= 0.3 is 0 Å². The molecule has 26 heavy (non-hydrogen) atoms. The number of hydrogen-bond donors (Lipinski definition) is 1. The average molecular weight is 357 g/mol. The Labute approximate surface area is 155 Å². The zero-order valence-electron chi connectivity index (χ0n) is 16.1. The fourth-order valence-corrected chi connectivity index (χ4v) is 2.78. The Kier molecular flexibility index (Phi) is 7.04. The SMILES string of the molecule is COCCOc1ccc(C(C)NC(=O)c2cc(C)cc(C)c2)cc1OC. The molecular weight excluding hydrogens is 330 g/mol. The zero-order valence-corrected chi connectivity index (χ0v) is 16.1. The van der Waals surface area contributed by atoms with Crippen molar-refractivity contribution >= 4 is 5.91 Å². The summed E-state index contributed by atoms with van der Waals surface area (Å²) in [5.74, 6) is 1.19. The highest BCUT2D eigenvalue weighted by atomic mass is 16.5. The molecule has 2 aromatic carbocycles. The Balaban J connectivity index is 2.10. The highest BCUT2D eigenvalue weighted by molar-refractivity contribution is 5.94. The zero-order chi connectivity index (χ0) is 19.1. The van der Waals surface area contributed by atoms with Gasteiger partial charge in [0, 0.05) is 12.7 Å². The highest BCUT2D eigenvalue weighted by Gasteiger charge is 2.14. The van der Waals surface area contributed by atoms with Crippen molar-refractivity contribution in [3.8, 4) is 11.5 Å². The second kappa shape index (κ2) is 9.25. The molecule has 2 aromatic rings. The van der Waals surface area contributed by atoms with E-state index in [1.54, 1.807) is 14.2 Å². The summed E-state index contributed by atoms with van der Waals surface area (Å²) in [4.78, 5) is 12.5. The van der Waals surface area contributed by atoms with Gasteiger partial charge in [-0.15, -0.1) is 0 Å². The summed E-state index contributed by atoms with van der Waals surface area (Å²) in [5, 5.41) is 3.03. The first-order valence-electron chi connectivity index (χ1n) is 8.63. The van der Waals surface area contributed by atoms with Gasteiger partial charge in [0.05, 0.1) is 19.8 Å². The van der Waals surface area contributed by atoms with E-state index in [2.05, 4.69) is 5.32 Å². The van der Waals surface area contributed by atoms with Gasteiger partial charge in [0.25, 0.3) is 5.91 Å². The minimum absolute atomic E-state index is 0.0938. The molecule has 1 amide bonds. The van der Waals surface area contributed by atoms with Crippen molar-refractivity contribution in [3.63, 3.8) is 0 Å². The summed E-state index contributed by atoms with van der Waals surface area (Å²) in [5.41, 5.74) is 3.75. The predicted molar refractivity (Wildman–Crippen MR) is 102 cm³/mol. The van der Waals surface area contributed by atoms with Crippen molar-refractivity contribution in [2.45, 2.75) is 26.8 Å². The van der Waals surface area contributed by atoms with Crippen molar-refractivity contribution in [2.75, 3.05) is 27.4 Å². The second-order valence-electron chi connectivity index (χ2n) is 6.32. The van der Waals surface area contributed by atoms with Crippen molar-refractivity contribution < 1.29 is 19.0 Å². The van der Waals surface area contributed by atoms with Gasteiger partial charge in [-0.05, 0) is 50.6 Å². The Morgan fingerprint density at radius 3 is 2.31 bits per heavy atom. The number of carbonyl (C=O) groups excluding carboxylic acids is 1. The number of aryl methyl sites for hydroxylation is 2. The number of ether oxygens (including phenoxy) is 3. The van der Waals surface area contributed by atoms with E-state index < -0.39 is 0 Å². The molecule has 1 unspecified atom stereocenters. The van der Waals surface area contributed by atoms with E-state index in [0.29, 0.717) is 30.3 Å². The maximum Gasteiger partial charge on any atom is 0.251 e. The Bertz CT molecular complexity index is 737. The second-order valence-corrected chi connectivity index (χ2v) is 6.32. The largest absolute Gasteiger partial charge is 0.493 e. The van der Waals surface area contributed by atoms with Gasteiger partial charge in [0.1, 0.15) is 6.61 Å². The van der Waals surface area contributed by atoms with Crippen LogP contribution < -0.4 is 14.8 Å². The molecule has 0 fully saturated rings. The third-order valence-corrected chi connectivity index (χ3v) is 4.06. The van der Waals surface area contributed by atoms with E-state index in [4.69, 9.17) is 14.2 Å². The molecule has 5 heteroatoms. The molecule has 0 aliphatic rings. The maximum absolute atomic E-state index is 12.5. The van der Waals surface area contributed by atoms with Gasteiger partial charge in [0.2, 0.25) is 0 Å². The van der Waals surface area contributed by atoms with Crippen molar-refractivity contribution in [3.05, 3.63) is 58.7 Å².